The molecule has 3 atom stereocenters. The molecule has 2 rings (SSSR count). The maximum atomic E-state index is 11.5. The van der Waals surface area contributed by atoms with Gasteiger partial charge in [-0.15, -0.1) is 0 Å². The number of nitrogens with one attached hydrogen (secondary N) is 1. The Balaban J connectivity index is 1.61. The van der Waals surface area contributed by atoms with Crippen LogP contribution in [0.5, 0.6) is 0 Å². The predicted molar refractivity (Wildman–Crippen MR) is 70.8 cm³/mol. The molecule has 0 radical (unpaired) electrons. The molecule has 0 heterocycles. The smallest absolute Gasteiger partial charge is 0.151 e. The molecule has 2 bridgehead atoms. The Hall–Kier alpha value is -0.0900. The number of fused-ring (bicyclic) bond motifs is 2. The van der Waals surface area contributed by atoms with Crippen LogP contribution in [0.3, 0.4) is 0 Å². The average Bonchev–Trinajstić information content (AvgIpc) is 2.86. The fraction of sp³-hybridized carbons (Fsp3) is 1.00. The lowest BCUT2D eigenvalue weighted by Gasteiger charge is -2.21. The second kappa shape index (κ2) is 5.70. The van der Waals surface area contributed by atoms with Crippen molar-refractivity contribution in [3.05, 3.63) is 0 Å². The Morgan fingerprint density at radius 1 is 1.18 bits per heavy atom. The van der Waals surface area contributed by atoms with Crippen LogP contribution < -0.4 is 5.32 Å². The minimum absolute atomic E-state index is 0.307. The van der Waals surface area contributed by atoms with Crippen LogP contribution in [-0.4, -0.2) is 33.0 Å². The van der Waals surface area contributed by atoms with E-state index in [1.807, 2.05) is 6.92 Å². The lowest BCUT2D eigenvalue weighted by molar-refractivity contribution is 0.321. The molecular weight excluding hydrogens is 234 g/mol. The Bertz CT molecular complexity index is 339. The third-order valence-corrected chi connectivity index (χ3v) is 6.25. The zero-order chi connectivity index (χ0) is 12.3. The van der Waals surface area contributed by atoms with Gasteiger partial charge in [0.1, 0.15) is 0 Å². The molecule has 0 aromatic carbocycles. The predicted octanol–water partition coefficient (Wildman–Crippen LogP) is 1.84. The minimum Gasteiger partial charge on any atom is -0.315 e. The first-order valence-corrected chi connectivity index (χ1v) is 8.84. The Morgan fingerprint density at radius 2 is 2.00 bits per heavy atom. The van der Waals surface area contributed by atoms with E-state index in [-0.39, 0.29) is 0 Å². The molecule has 100 valence electrons. The number of rotatable bonds is 7. The molecule has 1 N–H and O–H groups in total. The van der Waals surface area contributed by atoms with Gasteiger partial charge in [-0.25, -0.2) is 8.42 Å². The van der Waals surface area contributed by atoms with Gasteiger partial charge in [0.05, 0.1) is 5.75 Å². The molecule has 2 aliphatic carbocycles. The second-order valence-corrected chi connectivity index (χ2v) is 8.09. The fourth-order valence-corrected chi connectivity index (χ4v) is 4.84. The molecule has 17 heavy (non-hydrogen) atoms. The van der Waals surface area contributed by atoms with E-state index in [1.54, 1.807) is 0 Å². The summed E-state index contributed by atoms with van der Waals surface area (Å²) < 4.78 is 23.0. The van der Waals surface area contributed by atoms with Gasteiger partial charge in [0.2, 0.25) is 0 Å². The maximum absolute atomic E-state index is 11.5. The van der Waals surface area contributed by atoms with Gasteiger partial charge in [0.15, 0.2) is 9.84 Å². The molecule has 2 aliphatic rings. The van der Waals surface area contributed by atoms with E-state index >= 15 is 0 Å². The molecule has 0 spiro atoms. The summed E-state index contributed by atoms with van der Waals surface area (Å²) in [5.41, 5.74) is 0. The third-order valence-electron chi connectivity index (χ3n) is 4.40. The van der Waals surface area contributed by atoms with Crippen molar-refractivity contribution in [1.82, 2.24) is 5.32 Å². The van der Waals surface area contributed by atoms with Gasteiger partial charge >= 0.3 is 0 Å². The van der Waals surface area contributed by atoms with Crippen molar-refractivity contribution in [3.8, 4) is 0 Å². The first-order chi connectivity index (χ1) is 8.11. The second-order valence-electron chi connectivity index (χ2n) is 5.79. The summed E-state index contributed by atoms with van der Waals surface area (Å²) in [6.07, 6.45) is 6.38. The molecule has 3 nitrogen and oxygen atoms in total. The molecule has 2 saturated carbocycles. The zero-order valence-electron chi connectivity index (χ0n) is 10.8. The molecule has 3 unspecified atom stereocenters. The Kier molecular flexibility index (Phi) is 4.47. The van der Waals surface area contributed by atoms with Crippen LogP contribution in [0.25, 0.3) is 0 Å². The molecule has 0 amide bonds. The highest BCUT2D eigenvalue weighted by atomic mass is 32.2. The fourth-order valence-electron chi connectivity index (χ4n) is 3.55. The van der Waals surface area contributed by atoms with Gasteiger partial charge in [-0.2, -0.15) is 0 Å². The Labute approximate surface area is 105 Å². The van der Waals surface area contributed by atoms with Gasteiger partial charge in [0, 0.05) is 12.3 Å². The highest BCUT2D eigenvalue weighted by Gasteiger charge is 2.38. The van der Waals surface area contributed by atoms with Crippen molar-refractivity contribution in [2.24, 2.45) is 17.8 Å². The van der Waals surface area contributed by atoms with Crippen LogP contribution in [0.1, 0.15) is 39.0 Å². The normalized spacial score (nSPS) is 32.2. The van der Waals surface area contributed by atoms with Crippen molar-refractivity contribution in [2.45, 2.75) is 39.0 Å². The molecule has 0 saturated heterocycles. The lowest BCUT2D eigenvalue weighted by Crippen LogP contribution is -2.30. The summed E-state index contributed by atoms with van der Waals surface area (Å²) in [6.45, 7) is 3.58. The molecule has 4 heteroatoms. The van der Waals surface area contributed by atoms with Crippen LogP contribution in [-0.2, 0) is 9.84 Å². The van der Waals surface area contributed by atoms with Gasteiger partial charge in [0.25, 0.3) is 0 Å². The van der Waals surface area contributed by atoms with Crippen molar-refractivity contribution < 1.29 is 8.42 Å². The summed E-state index contributed by atoms with van der Waals surface area (Å²) in [7, 11) is -2.80. The molecule has 0 aromatic heterocycles. The maximum Gasteiger partial charge on any atom is 0.151 e. The van der Waals surface area contributed by atoms with E-state index in [4.69, 9.17) is 0 Å². The standard InChI is InChI=1S/C13H25NO2S/c1-2-6-17(15,16)7-5-14-10-13-9-11-3-4-12(13)8-11/h11-14H,2-10H2,1H3. The lowest BCUT2D eigenvalue weighted by atomic mass is 9.89. The van der Waals surface area contributed by atoms with E-state index in [2.05, 4.69) is 5.32 Å². The molecule has 2 fully saturated rings. The van der Waals surface area contributed by atoms with Crippen molar-refractivity contribution >= 4 is 9.84 Å². The van der Waals surface area contributed by atoms with Gasteiger partial charge in [-0.3, -0.25) is 0 Å². The molecular formula is C13H25NO2S. The van der Waals surface area contributed by atoms with E-state index in [0.717, 1.165) is 30.7 Å². The number of hydrogen-bond acceptors (Lipinski definition) is 3. The van der Waals surface area contributed by atoms with Crippen molar-refractivity contribution in [1.29, 1.82) is 0 Å². The summed E-state index contributed by atoms with van der Waals surface area (Å²) >= 11 is 0. The largest absolute Gasteiger partial charge is 0.315 e. The van der Waals surface area contributed by atoms with E-state index in [9.17, 15) is 8.42 Å². The summed E-state index contributed by atoms with van der Waals surface area (Å²) in [6, 6.07) is 0. The highest BCUT2D eigenvalue weighted by molar-refractivity contribution is 7.91. The van der Waals surface area contributed by atoms with Crippen molar-refractivity contribution in [2.75, 3.05) is 24.6 Å². The van der Waals surface area contributed by atoms with Crippen LogP contribution in [0.15, 0.2) is 0 Å². The number of sulfone groups is 1. The minimum atomic E-state index is -2.80. The van der Waals surface area contributed by atoms with Gasteiger partial charge in [-0.1, -0.05) is 13.3 Å². The Morgan fingerprint density at radius 3 is 2.59 bits per heavy atom. The zero-order valence-corrected chi connectivity index (χ0v) is 11.6. The van der Waals surface area contributed by atoms with Crippen LogP contribution in [0, 0.1) is 17.8 Å². The van der Waals surface area contributed by atoms with E-state index in [0.29, 0.717) is 18.1 Å². The quantitative estimate of drug-likeness (QED) is 0.710. The first kappa shape index (κ1) is 13.3. The van der Waals surface area contributed by atoms with Crippen LogP contribution in [0.4, 0.5) is 0 Å². The van der Waals surface area contributed by atoms with Crippen LogP contribution >= 0.6 is 0 Å². The summed E-state index contributed by atoms with van der Waals surface area (Å²) in [5.74, 6) is 3.38. The highest BCUT2D eigenvalue weighted by Crippen LogP contribution is 2.47. The monoisotopic (exact) mass is 259 g/mol. The molecule has 0 aromatic rings. The summed E-state index contributed by atoms with van der Waals surface area (Å²) in [5, 5.41) is 3.35. The topological polar surface area (TPSA) is 46.2 Å². The average molecular weight is 259 g/mol. The molecule has 0 aliphatic heterocycles. The van der Waals surface area contributed by atoms with E-state index in [1.165, 1.54) is 25.7 Å². The van der Waals surface area contributed by atoms with Gasteiger partial charge in [-0.05, 0) is 50.0 Å². The first-order valence-electron chi connectivity index (χ1n) is 7.02. The van der Waals surface area contributed by atoms with E-state index < -0.39 is 9.84 Å². The van der Waals surface area contributed by atoms with Crippen LogP contribution in [0.2, 0.25) is 0 Å². The van der Waals surface area contributed by atoms with Gasteiger partial charge < -0.3 is 5.32 Å². The number of hydrogen-bond donors (Lipinski definition) is 1. The third kappa shape index (κ3) is 3.68. The summed E-state index contributed by atoms with van der Waals surface area (Å²) in [4.78, 5) is 0. The SMILES string of the molecule is CCCS(=O)(=O)CCNCC1CC2CCC1C2. The van der Waals surface area contributed by atoms with Crippen molar-refractivity contribution in [3.63, 3.8) is 0 Å².